The van der Waals surface area contributed by atoms with Crippen molar-refractivity contribution in [3.63, 3.8) is 0 Å². The number of methoxy groups -OCH3 is 1. The van der Waals surface area contributed by atoms with Crippen molar-refractivity contribution < 1.29 is 19.4 Å². The molecule has 1 rings (SSSR count). The number of benzene rings is 1. The van der Waals surface area contributed by atoms with Gasteiger partial charge < -0.3 is 14.7 Å². The Morgan fingerprint density at radius 2 is 1.82 bits per heavy atom. The first kappa shape index (κ1) is 18.2. The maximum atomic E-state index is 12.2. The van der Waals surface area contributed by atoms with E-state index in [0.717, 1.165) is 24.8 Å². The van der Waals surface area contributed by atoms with Gasteiger partial charge in [-0.3, -0.25) is 9.59 Å². The number of hydrogen-bond donors (Lipinski definition) is 1. The molecule has 0 aliphatic rings. The highest BCUT2D eigenvalue weighted by Gasteiger charge is 2.16. The zero-order valence-corrected chi connectivity index (χ0v) is 13.4. The quantitative estimate of drug-likeness (QED) is 0.719. The number of carbonyl (C=O) groups excluding carboxylic acids is 1. The third kappa shape index (κ3) is 6.72. The van der Waals surface area contributed by atoms with E-state index >= 15 is 0 Å². The molecule has 0 saturated heterocycles. The van der Waals surface area contributed by atoms with Crippen LogP contribution in [0.1, 0.15) is 30.9 Å². The van der Waals surface area contributed by atoms with E-state index in [1.54, 1.807) is 0 Å². The van der Waals surface area contributed by atoms with E-state index in [9.17, 15) is 9.59 Å². The highest BCUT2D eigenvalue weighted by Crippen LogP contribution is 2.09. The van der Waals surface area contributed by atoms with Crippen molar-refractivity contribution in [1.29, 1.82) is 0 Å². The van der Waals surface area contributed by atoms with Crippen LogP contribution in [-0.2, 0) is 27.2 Å². The Kier molecular flexibility index (Phi) is 8.22. The molecule has 0 saturated carbocycles. The number of hydrogen-bond acceptors (Lipinski definition) is 3. The Balaban J connectivity index is 2.61. The molecule has 0 aliphatic carbocycles. The third-order valence-corrected chi connectivity index (χ3v) is 3.44. The summed E-state index contributed by atoms with van der Waals surface area (Å²) in [4.78, 5) is 24.4. The van der Waals surface area contributed by atoms with Gasteiger partial charge in [0.25, 0.3) is 0 Å². The van der Waals surface area contributed by atoms with Gasteiger partial charge in [-0.05, 0) is 24.0 Å². The van der Waals surface area contributed by atoms with Crippen LogP contribution in [0.25, 0.3) is 0 Å². The first-order valence-electron chi connectivity index (χ1n) is 7.63. The summed E-state index contributed by atoms with van der Waals surface area (Å²) in [6.45, 7) is 2.48. The van der Waals surface area contributed by atoms with E-state index in [1.807, 2.05) is 24.3 Å². The van der Waals surface area contributed by atoms with Gasteiger partial charge in [0.1, 0.15) is 6.54 Å². The third-order valence-electron chi connectivity index (χ3n) is 3.44. The van der Waals surface area contributed by atoms with Gasteiger partial charge in [0.05, 0.1) is 13.0 Å². The summed E-state index contributed by atoms with van der Waals surface area (Å²) in [6, 6.07) is 7.96. The lowest BCUT2D eigenvalue weighted by Gasteiger charge is -2.20. The Hall–Kier alpha value is -1.88. The molecule has 0 atom stereocenters. The number of amides is 1. The van der Waals surface area contributed by atoms with Crippen molar-refractivity contribution >= 4 is 11.9 Å². The molecule has 0 heterocycles. The van der Waals surface area contributed by atoms with Crippen LogP contribution in [0, 0.1) is 0 Å². The van der Waals surface area contributed by atoms with Gasteiger partial charge in [-0.1, -0.05) is 37.6 Å². The SMILES string of the molecule is CCCCc1ccc(CC(=O)N(CCOC)CC(=O)O)cc1. The molecule has 0 aliphatic heterocycles. The second-order valence-corrected chi connectivity index (χ2v) is 5.30. The number of aryl methyl sites for hydroxylation is 1. The minimum absolute atomic E-state index is 0.194. The number of carboxylic acid groups (broad SMARTS) is 1. The van der Waals surface area contributed by atoms with Crippen LogP contribution in [-0.4, -0.2) is 48.7 Å². The number of carboxylic acids is 1. The Morgan fingerprint density at radius 1 is 1.18 bits per heavy atom. The summed E-state index contributed by atoms with van der Waals surface area (Å²) in [6.07, 6.45) is 3.57. The van der Waals surface area contributed by atoms with Crippen LogP contribution in [0.3, 0.4) is 0 Å². The van der Waals surface area contributed by atoms with E-state index in [-0.39, 0.29) is 25.4 Å². The molecule has 5 nitrogen and oxygen atoms in total. The van der Waals surface area contributed by atoms with Crippen LogP contribution in [0.2, 0.25) is 0 Å². The lowest BCUT2D eigenvalue weighted by Crippen LogP contribution is -2.38. The molecule has 5 heteroatoms. The number of ether oxygens (including phenoxy) is 1. The number of nitrogens with zero attached hydrogens (tertiary/aromatic N) is 1. The van der Waals surface area contributed by atoms with Gasteiger partial charge in [0.15, 0.2) is 0 Å². The van der Waals surface area contributed by atoms with Crippen LogP contribution < -0.4 is 0 Å². The lowest BCUT2D eigenvalue weighted by molar-refractivity contribution is -0.144. The van der Waals surface area contributed by atoms with Crippen molar-refractivity contribution in [3.05, 3.63) is 35.4 Å². The second-order valence-electron chi connectivity index (χ2n) is 5.30. The number of carbonyl (C=O) groups is 2. The summed E-state index contributed by atoms with van der Waals surface area (Å²) in [5, 5.41) is 8.88. The summed E-state index contributed by atoms with van der Waals surface area (Å²) in [5.41, 5.74) is 2.16. The summed E-state index contributed by atoms with van der Waals surface area (Å²) >= 11 is 0. The topological polar surface area (TPSA) is 66.8 Å². The van der Waals surface area contributed by atoms with Gasteiger partial charge in [-0.15, -0.1) is 0 Å². The molecule has 0 unspecified atom stereocenters. The first-order valence-corrected chi connectivity index (χ1v) is 7.63. The van der Waals surface area contributed by atoms with Crippen LogP contribution >= 0.6 is 0 Å². The molecule has 0 spiro atoms. The molecular weight excluding hydrogens is 282 g/mol. The Bertz CT molecular complexity index is 470. The van der Waals surface area contributed by atoms with Crippen LogP contribution in [0.4, 0.5) is 0 Å². The first-order chi connectivity index (χ1) is 10.6. The van der Waals surface area contributed by atoms with Crippen LogP contribution in [0.5, 0.6) is 0 Å². The molecule has 0 fully saturated rings. The van der Waals surface area contributed by atoms with Gasteiger partial charge in [-0.2, -0.15) is 0 Å². The van der Waals surface area contributed by atoms with Crippen molar-refractivity contribution in [1.82, 2.24) is 4.90 Å². The normalized spacial score (nSPS) is 10.5. The molecule has 1 N–H and O–H groups in total. The molecule has 1 aromatic rings. The zero-order chi connectivity index (χ0) is 16.4. The largest absolute Gasteiger partial charge is 0.480 e. The molecule has 0 aromatic heterocycles. The fourth-order valence-corrected chi connectivity index (χ4v) is 2.15. The van der Waals surface area contributed by atoms with Crippen molar-refractivity contribution in [3.8, 4) is 0 Å². The molecule has 1 amide bonds. The minimum Gasteiger partial charge on any atom is -0.480 e. The molecule has 22 heavy (non-hydrogen) atoms. The van der Waals surface area contributed by atoms with Crippen molar-refractivity contribution in [2.75, 3.05) is 26.8 Å². The average molecular weight is 307 g/mol. The number of unbranched alkanes of at least 4 members (excludes halogenated alkanes) is 1. The van der Waals surface area contributed by atoms with Gasteiger partial charge in [0.2, 0.25) is 5.91 Å². The molecular formula is C17H25NO4. The van der Waals surface area contributed by atoms with Gasteiger partial charge >= 0.3 is 5.97 Å². The molecule has 1 aromatic carbocycles. The van der Waals surface area contributed by atoms with E-state index in [0.29, 0.717) is 6.61 Å². The summed E-state index contributed by atoms with van der Waals surface area (Å²) in [5.74, 6) is -1.21. The maximum absolute atomic E-state index is 12.2. The zero-order valence-electron chi connectivity index (χ0n) is 13.4. The average Bonchev–Trinajstić information content (AvgIpc) is 2.50. The standard InChI is InChI=1S/C17H25NO4/c1-3-4-5-14-6-8-15(9-7-14)12-16(19)18(10-11-22-2)13-17(20)21/h6-9H,3-5,10-13H2,1-2H3,(H,20,21). The van der Waals surface area contributed by atoms with E-state index in [2.05, 4.69) is 6.92 Å². The Labute approximate surface area is 131 Å². The highest BCUT2D eigenvalue weighted by molar-refractivity contribution is 5.83. The predicted molar refractivity (Wildman–Crippen MR) is 84.8 cm³/mol. The van der Waals surface area contributed by atoms with E-state index in [1.165, 1.54) is 17.6 Å². The molecule has 122 valence electrons. The van der Waals surface area contributed by atoms with Gasteiger partial charge in [0, 0.05) is 13.7 Å². The molecule has 0 radical (unpaired) electrons. The lowest BCUT2D eigenvalue weighted by atomic mass is 10.0. The monoisotopic (exact) mass is 307 g/mol. The fourth-order valence-electron chi connectivity index (χ4n) is 2.15. The predicted octanol–water partition coefficient (Wildman–Crippen LogP) is 2.13. The van der Waals surface area contributed by atoms with Crippen molar-refractivity contribution in [2.45, 2.75) is 32.6 Å². The maximum Gasteiger partial charge on any atom is 0.323 e. The second kappa shape index (κ2) is 9.95. The van der Waals surface area contributed by atoms with Gasteiger partial charge in [-0.25, -0.2) is 0 Å². The number of aliphatic carboxylic acids is 1. The van der Waals surface area contributed by atoms with E-state index in [4.69, 9.17) is 9.84 Å². The Morgan fingerprint density at radius 3 is 2.36 bits per heavy atom. The van der Waals surface area contributed by atoms with Crippen molar-refractivity contribution in [2.24, 2.45) is 0 Å². The fraction of sp³-hybridized carbons (Fsp3) is 0.529. The summed E-state index contributed by atoms with van der Waals surface area (Å²) < 4.78 is 4.92. The van der Waals surface area contributed by atoms with E-state index < -0.39 is 5.97 Å². The highest BCUT2D eigenvalue weighted by atomic mass is 16.5. The smallest absolute Gasteiger partial charge is 0.323 e. The summed E-state index contributed by atoms with van der Waals surface area (Å²) in [7, 11) is 1.53. The number of rotatable bonds is 10. The molecule has 0 bridgehead atoms. The van der Waals surface area contributed by atoms with Crippen LogP contribution in [0.15, 0.2) is 24.3 Å². The minimum atomic E-state index is -1.01.